The molecule has 2 aromatic rings. The van der Waals surface area contributed by atoms with Gasteiger partial charge in [-0.1, -0.05) is 13.0 Å². The van der Waals surface area contributed by atoms with Crippen LogP contribution in [0.5, 0.6) is 0 Å². The number of aromatic nitrogens is 1. The minimum Gasteiger partial charge on any atom is -0.384 e. The number of hydrogen-bond acceptors (Lipinski definition) is 5. The largest absolute Gasteiger partial charge is 0.384 e. The predicted molar refractivity (Wildman–Crippen MR) is 90.8 cm³/mol. The summed E-state index contributed by atoms with van der Waals surface area (Å²) in [7, 11) is 0. The van der Waals surface area contributed by atoms with Gasteiger partial charge in [-0.15, -0.1) is 0 Å². The summed E-state index contributed by atoms with van der Waals surface area (Å²) in [5, 5.41) is 18.8. The SMILES string of the molecule is CCC(C)OCc1cc(F)ccc1-c1c(C#N)c(N)[nH]c(=O)c1C#N. The maximum absolute atomic E-state index is 13.7. The van der Waals surface area contributed by atoms with Gasteiger partial charge in [-0.2, -0.15) is 10.5 Å². The van der Waals surface area contributed by atoms with Gasteiger partial charge < -0.3 is 15.5 Å². The fraction of sp³-hybridized carbons (Fsp3) is 0.278. The molecule has 1 atom stereocenters. The lowest BCUT2D eigenvalue weighted by atomic mass is 9.93. The molecule has 0 radical (unpaired) electrons. The normalized spacial score (nSPS) is 11.6. The second-order valence-electron chi connectivity index (χ2n) is 5.55. The van der Waals surface area contributed by atoms with E-state index in [0.29, 0.717) is 11.1 Å². The van der Waals surface area contributed by atoms with Gasteiger partial charge in [-0.3, -0.25) is 4.79 Å². The summed E-state index contributed by atoms with van der Waals surface area (Å²) >= 11 is 0. The molecule has 0 spiro atoms. The minimum atomic E-state index is -0.702. The zero-order valence-electron chi connectivity index (χ0n) is 13.9. The highest BCUT2D eigenvalue weighted by molar-refractivity contribution is 5.81. The van der Waals surface area contributed by atoms with E-state index in [1.54, 1.807) is 6.07 Å². The number of benzene rings is 1. The Kier molecular flexibility index (Phi) is 5.53. The van der Waals surface area contributed by atoms with Crippen LogP contribution in [0.2, 0.25) is 0 Å². The summed E-state index contributed by atoms with van der Waals surface area (Å²) in [4.78, 5) is 14.3. The summed E-state index contributed by atoms with van der Waals surface area (Å²) in [5.41, 5.74) is 5.63. The van der Waals surface area contributed by atoms with Crippen molar-refractivity contribution in [2.24, 2.45) is 0 Å². The molecule has 0 saturated heterocycles. The third-order valence-electron chi connectivity index (χ3n) is 3.90. The number of pyridine rings is 1. The first-order chi connectivity index (χ1) is 11.9. The first-order valence-corrected chi connectivity index (χ1v) is 7.69. The van der Waals surface area contributed by atoms with Crippen molar-refractivity contribution in [1.29, 1.82) is 10.5 Å². The fourth-order valence-electron chi connectivity index (χ4n) is 2.39. The van der Waals surface area contributed by atoms with Gasteiger partial charge in [0.15, 0.2) is 0 Å². The van der Waals surface area contributed by atoms with Crippen molar-refractivity contribution >= 4 is 5.82 Å². The Hall–Kier alpha value is -3.16. The van der Waals surface area contributed by atoms with Gasteiger partial charge >= 0.3 is 0 Å². The van der Waals surface area contributed by atoms with Crippen LogP contribution in [0, 0.1) is 28.5 Å². The second kappa shape index (κ2) is 7.61. The van der Waals surface area contributed by atoms with Crippen LogP contribution in [-0.4, -0.2) is 11.1 Å². The van der Waals surface area contributed by atoms with Crippen molar-refractivity contribution in [2.45, 2.75) is 33.0 Å². The lowest BCUT2D eigenvalue weighted by Crippen LogP contribution is -2.17. The topological polar surface area (TPSA) is 116 Å². The van der Waals surface area contributed by atoms with Crippen molar-refractivity contribution < 1.29 is 9.13 Å². The minimum absolute atomic E-state index is 0.0347. The summed E-state index contributed by atoms with van der Waals surface area (Å²) in [6, 6.07) is 7.57. The average Bonchev–Trinajstić information content (AvgIpc) is 2.59. The van der Waals surface area contributed by atoms with E-state index in [1.807, 2.05) is 19.9 Å². The number of hydrogen-bond donors (Lipinski definition) is 2. The molecule has 0 aliphatic carbocycles. The lowest BCUT2D eigenvalue weighted by molar-refractivity contribution is 0.0510. The highest BCUT2D eigenvalue weighted by atomic mass is 19.1. The molecule has 0 fully saturated rings. The molecular weight excluding hydrogens is 323 g/mol. The quantitative estimate of drug-likeness (QED) is 0.868. The van der Waals surface area contributed by atoms with Gasteiger partial charge in [0.25, 0.3) is 5.56 Å². The van der Waals surface area contributed by atoms with E-state index in [-0.39, 0.29) is 35.2 Å². The molecular formula is C18H17FN4O2. The Bertz CT molecular complexity index is 938. The van der Waals surface area contributed by atoms with Gasteiger partial charge in [-0.05, 0) is 36.6 Å². The van der Waals surface area contributed by atoms with Crippen molar-refractivity contribution in [3.63, 3.8) is 0 Å². The Morgan fingerprint density at radius 3 is 2.60 bits per heavy atom. The highest BCUT2D eigenvalue weighted by Gasteiger charge is 2.21. The predicted octanol–water partition coefficient (Wildman–Crippen LogP) is 2.82. The first kappa shape index (κ1) is 18.2. The Labute approximate surface area is 144 Å². The Morgan fingerprint density at radius 1 is 1.32 bits per heavy atom. The van der Waals surface area contributed by atoms with Crippen LogP contribution < -0.4 is 11.3 Å². The molecule has 128 valence electrons. The molecule has 1 aromatic heterocycles. The van der Waals surface area contributed by atoms with Crippen molar-refractivity contribution in [1.82, 2.24) is 4.98 Å². The van der Waals surface area contributed by atoms with Gasteiger partial charge in [0.1, 0.15) is 34.9 Å². The van der Waals surface area contributed by atoms with Crippen LogP contribution >= 0.6 is 0 Å². The van der Waals surface area contributed by atoms with Crippen LogP contribution in [0.3, 0.4) is 0 Å². The fourth-order valence-corrected chi connectivity index (χ4v) is 2.39. The Balaban J connectivity index is 2.73. The molecule has 0 aliphatic heterocycles. The van der Waals surface area contributed by atoms with Crippen LogP contribution in [0.1, 0.15) is 37.0 Å². The molecule has 2 rings (SSSR count). The van der Waals surface area contributed by atoms with Crippen LogP contribution in [0.15, 0.2) is 23.0 Å². The summed E-state index contributed by atoms with van der Waals surface area (Å²) < 4.78 is 19.4. The molecule has 7 heteroatoms. The van der Waals surface area contributed by atoms with E-state index in [4.69, 9.17) is 10.5 Å². The number of anilines is 1. The number of rotatable bonds is 5. The summed E-state index contributed by atoms with van der Waals surface area (Å²) in [6.07, 6.45) is 0.724. The van der Waals surface area contributed by atoms with Gasteiger partial charge in [0.2, 0.25) is 0 Å². The third-order valence-corrected chi connectivity index (χ3v) is 3.90. The zero-order chi connectivity index (χ0) is 18.6. The van der Waals surface area contributed by atoms with Gasteiger partial charge in [-0.25, -0.2) is 4.39 Å². The number of aromatic amines is 1. The first-order valence-electron chi connectivity index (χ1n) is 7.69. The van der Waals surface area contributed by atoms with E-state index in [1.165, 1.54) is 18.2 Å². The smallest absolute Gasteiger partial charge is 0.268 e. The third kappa shape index (κ3) is 3.68. The number of nitrogens with zero attached hydrogens (tertiary/aromatic N) is 2. The Morgan fingerprint density at radius 2 is 2.00 bits per heavy atom. The van der Waals surface area contributed by atoms with Crippen molar-refractivity contribution in [2.75, 3.05) is 5.73 Å². The lowest BCUT2D eigenvalue weighted by Gasteiger charge is -2.16. The maximum atomic E-state index is 13.7. The van der Waals surface area contributed by atoms with E-state index in [2.05, 4.69) is 4.98 Å². The van der Waals surface area contributed by atoms with E-state index >= 15 is 0 Å². The number of nitrogens with two attached hydrogens (primary N) is 1. The molecule has 0 amide bonds. The van der Waals surface area contributed by atoms with Crippen LogP contribution in [0.25, 0.3) is 11.1 Å². The van der Waals surface area contributed by atoms with Gasteiger partial charge in [0, 0.05) is 5.56 Å². The van der Waals surface area contributed by atoms with Crippen LogP contribution in [0.4, 0.5) is 10.2 Å². The standard InChI is InChI=1S/C18H17FN4O2/c1-3-10(2)25-9-11-6-12(19)4-5-13(11)16-14(7-20)17(22)23-18(24)15(16)8-21/h4-6,10H,3,9H2,1-2H3,(H3,22,23,24). The molecule has 0 bridgehead atoms. The molecule has 6 nitrogen and oxygen atoms in total. The summed E-state index contributed by atoms with van der Waals surface area (Å²) in [6.45, 7) is 3.91. The summed E-state index contributed by atoms with van der Waals surface area (Å²) in [5.74, 6) is -0.624. The van der Waals surface area contributed by atoms with E-state index in [0.717, 1.165) is 6.42 Å². The van der Waals surface area contributed by atoms with E-state index in [9.17, 15) is 19.7 Å². The molecule has 0 saturated carbocycles. The highest BCUT2D eigenvalue weighted by Crippen LogP contribution is 2.32. The molecule has 1 heterocycles. The average molecular weight is 340 g/mol. The number of nitrogens with one attached hydrogen (secondary N) is 1. The van der Waals surface area contributed by atoms with Gasteiger partial charge in [0.05, 0.1) is 12.7 Å². The molecule has 1 unspecified atom stereocenters. The zero-order valence-corrected chi connectivity index (χ0v) is 13.9. The second-order valence-corrected chi connectivity index (χ2v) is 5.55. The monoisotopic (exact) mass is 340 g/mol. The van der Waals surface area contributed by atoms with Crippen molar-refractivity contribution in [3.05, 3.63) is 51.1 Å². The number of halogens is 1. The van der Waals surface area contributed by atoms with E-state index < -0.39 is 11.4 Å². The molecule has 25 heavy (non-hydrogen) atoms. The molecule has 3 N–H and O–H groups in total. The number of ether oxygens (including phenoxy) is 1. The number of H-pyrrole nitrogens is 1. The van der Waals surface area contributed by atoms with Crippen molar-refractivity contribution in [3.8, 4) is 23.3 Å². The maximum Gasteiger partial charge on any atom is 0.268 e. The number of nitrogen functional groups attached to an aromatic ring is 1. The number of nitriles is 2. The molecule has 0 aliphatic rings. The van der Waals surface area contributed by atoms with Crippen LogP contribution in [-0.2, 0) is 11.3 Å². The molecule has 1 aromatic carbocycles.